The van der Waals surface area contributed by atoms with Crippen LogP contribution in [0.1, 0.15) is 24.5 Å². The lowest BCUT2D eigenvalue weighted by atomic mass is 10.1. The first-order valence-corrected chi connectivity index (χ1v) is 5.11. The first-order chi connectivity index (χ1) is 7.00. The van der Waals surface area contributed by atoms with Crippen molar-refractivity contribution in [1.29, 1.82) is 0 Å². The fraction of sp³-hybridized carbons (Fsp3) is 0.300. The Hall–Kier alpha value is -0.770. The standard InChI is InChI=1S/C10H10Cl2O3/c11-6-1-2-7(8(12)5-6)9(13)3-4-10(14)15/h1-2,5,9,13H,3-4H2,(H,14,15). The van der Waals surface area contributed by atoms with Gasteiger partial charge < -0.3 is 10.2 Å². The summed E-state index contributed by atoms with van der Waals surface area (Å²) in [5.74, 6) is -0.945. The molecule has 0 aliphatic carbocycles. The van der Waals surface area contributed by atoms with E-state index >= 15 is 0 Å². The zero-order valence-electron chi connectivity index (χ0n) is 7.78. The van der Waals surface area contributed by atoms with Gasteiger partial charge in [0, 0.05) is 16.5 Å². The van der Waals surface area contributed by atoms with Crippen LogP contribution in [0.2, 0.25) is 10.0 Å². The van der Waals surface area contributed by atoms with Crippen molar-refractivity contribution in [2.45, 2.75) is 18.9 Å². The SMILES string of the molecule is O=C(O)CCC(O)c1ccc(Cl)cc1Cl. The molecule has 1 atom stereocenters. The van der Waals surface area contributed by atoms with Crippen LogP contribution in [0.15, 0.2) is 18.2 Å². The fourth-order valence-electron chi connectivity index (χ4n) is 1.19. The summed E-state index contributed by atoms with van der Waals surface area (Å²) in [6.07, 6.45) is -0.831. The molecule has 0 heterocycles. The Kier molecular flexibility index (Phi) is 4.39. The van der Waals surface area contributed by atoms with Crippen molar-refractivity contribution in [2.75, 3.05) is 0 Å². The van der Waals surface area contributed by atoms with Gasteiger partial charge in [-0.25, -0.2) is 0 Å². The van der Waals surface area contributed by atoms with Crippen molar-refractivity contribution in [3.63, 3.8) is 0 Å². The molecule has 0 aromatic heterocycles. The summed E-state index contributed by atoms with van der Waals surface area (Å²) < 4.78 is 0. The quantitative estimate of drug-likeness (QED) is 0.862. The molecule has 1 aromatic rings. The summed E-state index contributed by atoms with van der Waals surface area (Å²) in [6, 6.07) is 4.71. The average Bonchev–Trinajstić information content (AvgIpc) is 2.14. The van der Waals surface area contributed by atoms with E-state index in [0.29, 0.717) is 15.6 Å². The Morgan fingerprint density at radius 3 is 2.60 bits per heavy atom. The van der Waals surface area contributed by atoms with Gasteiger partial charge in [-0.1, -0.05) is 29.3 Å². The van der Waals surface area contributed by atoms with Gasteiger partial charge in [0.15, 0.2) is 0 Å². The van der Waals surface area contributed by atoms with Gasteiger partial charge in [-0.2, -0.15) is 0 Å². The van der Waals surface area contributed by atoms with E-state index in [-0.39, 0.29) is 12.8 Å². The number of hydrogen-bond donors (Lipinski definition) is 2. The molecule has 1 rings (SSSR count). The first kappa shape index (κ1) is 12.3. The van der Waals surface area contributed by atoms with Crippen LogP contribution in [0.5, 0.6) is 0 Å². The molecule has 0 aliphatic heterocycles. The number of carboxylic acid groups (broad SMARTS) is 1. The van der Waals surface area contributed by atoms with Gasteiger partial charge >= 0.3 is 5.97 Å². The summed E-state index contributed by atoms with van der Waals surface area (Å²) in [6.45, 7) is 0. The van der Waals surface area contributed by atoms with Crippen LogP contribution in [-0.2, 0) is 4.79 Å². The van der Waals surface area contributed by atoms with Gasteiger partial charge in [-0.15, -0.1) is 0 Å². The lowest BCUT2D eigenvalue weighted by Gasteiger charge is -2.11. The lowest BCUT2D eigenvalue weighted by Crippen LogP contribution is -2.02. The summed E-state index contributed by atoms with van der Waals surface area (Å²) in [5.41, 5.74) is 0.502. The van der Waals surface area contributed by atoms with Crippen molar-refractivity contribution < 1.29 is 15.0 Å². The number of benzene rings is 1. The molecule has 0 aliphatic rings. The monoisotopic (exact) mass is 248 g/mol. The van der Waals surface area contributed by atoms with Crippen LogP contribution in [0.3, 0.4) is 0 Å². The van der Waals surface area contributed by atoms with E-state index in [1.165, 1.54) is 6.07 Å². The average molecular weight is 249 g/mol. The molecule has 0 saturated carbocycles. The van der Waals surface area contributed by atoms with E-state index in [1.54, 1.807) is 12.1 Å². The summed E-state index contributed by atoms with van der Waals surface area (Å²) in [4.78, 5) is 10.3. The lowest BCUT2D eigenvalue weighted by molar-refractivity contribution is -0.137. The van der Waals surface area contributed by atoms with E-state index in [1.807, 2.05) is 0 Å². The molecule has 82 valence electrons. The molecule has 3 nitrogen and oxygen atoms in total. The number of rotatable bonds is 4. The van der Waals surface area contributed by atoms with E-state index in [0.717, 1.165) is 0 Å². The highest BCUT2D eigenvalue weighted by Crippen LogP contribution is 2.28. The van der Waals surface area contributed by atoms with E-state index in [9.17, 15) is 9.90 Å². The topological polar surface area (TPSA) is 57.5 Å². The smallest absolute Gasteiger partial charge is 0.303 e. The number of halogens is 2. The van der Waals surface area contributed by atoms with E-state index < -0.39 is 12.1 Å². The molecular formula is C10H10Cl2O3. The third-order valence-electron chi connectivity index (χ3n) is 1.95. The number of carbonyl (C=O) groups is 1. The minimum absolute atomic E-state index is 0.0971. The number of aliphatic carboxylic acids is 1. The fourth-order valence-corrected chi connectivity index (χ4v) is 1.72. The van der Waals surface area contributed by atoms with Crippen LogP contribution >= 0.6 is 23.2 Å². The van der Waals surface area contributed by atoms with Crippen LogP contribution < -0.4 is 0 Å². The number of aliphatic hydroxyl groups excluding tert-OH is 1. The molecule has 0 saturated heterocycles. The van der Waals surface area contributed by atoms with Gasteiger partial charge in [0.1, 0.15) is 0 Å². The molecule has 1 aromatic carbocycles. The van der Waals surface area contributed by atoms with Crippen LogP contribution in [0.25, 0.3) is 0 Å². The van der Waals surface area contributed by atoms with Crippen LogP contribution in [0.4, 0.5) is 0 Å². The molecule has 5 heteroatoms. The summed E-state index contributed by atoms with van der Waals surface area (Å²) in [5, 5.41) is 18.9. The van der Waals surface area contributed by atoms with Gasteiger partial charge in [0.25, 0.3) is 0 Å². The molecule has 0 bridgehead atoms. The maximum absolute atomic E-state index is 10.3. The van der Waals surface area contributed by atoms with Gasteiger partial charge in [-0.05, 0) is 24.1 Å². The Labute approximate surface area is 97.2 Å². The van der Waals surface area contributed by atoms with E-state index in [2.05, 4.69) is 0 Å². The van der Waals surface area contributed by atoms with Crippen molar-refractivity contribution in [3.05, 3.63) is 33.8 Å². The maximum atomic E-state index is 10.3. The number of aliphatic hydroxyl groups is 1. The van der Waals surface area contributed by atoms with Crippen molar-refractivity contribution in [1.82, 2.24) is 0 Å². The van der Waals surface area contributed by atoms with Gasteiger partial charge in [0.05, 0.1) is 6.10 Å². The molecule has 0 fully saturated rings. The minimum atomic E-state index is -0.945. The van der Waals surface area contributed by atoms with Crippen molar-refractivity contribution in [3.8, 4) is 0 Å². The second-order valence-corrected chi connectivity index (χ2v) is 3.96. The van der Waals surface area contributed by atoms with Crippen molar-refractivity contribution >= 4 is 29.2 Å². The highest BCUT2D eigenvalue weighted by atomic mass is 35.5. The Morgan fingerprint density at radius 1 is 1.40 bits per heavy atom. The second kappa shape index (κ2) is 5.35. The third kappa shape index (κ3) is 3.70. The highest BCUT2D eigenvalue weighted by Gasteiger charge is 2.13. The highest BCUT2D eigenvalue weighted by molar-refractivity contribution is 6.35. The van der Waals surface area contributed by atoms with Crippen LogP contribution in [0, 0.1) is 0 Å². The van der Waals surface area contributed by atoms with Crippen LogP contribution in [-0.4, -0.2) is 16.2 Å². The number of hydrogen-bond acceptors (Lipinski definition) is 2. The predicted octanol–water partition coefficient (Wildman–Crippen LogP) is 2.89. The zero-order valence-corrected chi connectivity index (χ0v) is 9.29. The van der Waals surface area contributed by atoms with Crippen molar-refractivity contribution in [2.24, 2.45) is 0 Å². The molecule has 0 amide bonds. The largest absolute Gasteiger partial charge is 0.481 e. The third-order valence-corrected chi connectivity index (χ3v) is 2.52. The zero-order chi connectivity index (χ0) is 11.4. The normalized spacial score (nSPS) is 12.5. The molecule has 0 radical (unpaired) electrons. The minimum Gasteiger partial charge on any atom is -0.481 e. The molecule has 15 heavy (non-hydrogen) atoms. The Bertz CT molecular complexity index is 366. The molecular weight excluding hydrogens is 239 g/mol. The Balaban J connectivity index is 2.73. The second-order valence-electron chi connectivity index (χ2n) is 3.11. The Morgan fingerprint density at radius 2 is 2.07 bits per heavy atom. The molecule has 1 unspecified atom stereocenters. The van der Waals surface area contributed by atoms with Gasteiger partial charge in [-0.3, -0.25) is 4.79 Å². The predicted molar refractivity (Wildman–Crippen MR) is 58.3 cm³/mol. The molecule has 0 spiro atoms. The number of carboxylic acids is 1. The summed E-state index contributed by atoms with van der Waals surface area (Å²) in [7, 11) is 0. The summed E-state index contributed by atoms with van der Waals surface area (Å²) >= 11 is 11.5. The van der Waals surface area contributed by atoms with Gasteiger partial charge in [0.2, 0.25) is 0 Å². The first-order valence-electron chi connectivity index (χ1n) is 4.35. The van der Waals surface area contributed by atoms with E-state index in [4.69, 9.17) is 28.3 Å². The molecule has 2 N–H and O–H groups in total. The maximum Gasteiger partial charge on any atom is 0.303 e.